The van der Waals surface area contributed by atoms with E-state index < -0.39 is 0 Å². The molecule has 154 valence electrons. The van der Waals surface area contributed by atoms with Crippen LogP contribution in [0, 0.1) is 6.92 Å². The largest absolute Gasteiger partial charge is 0.370 e. The number of benzene rings is 1. The number of amides is 1. The SMILES string of the molecule is CCC(CCNC(=NC)N1CCOC(c2ccccc2C)C1)N1CCCC1=O. The maximum Gasteiger partial charge on any atom is 0.222 e. The van der Waals surface area contributed by atoms with E-state index in [4.69, 9.17) is 4.74 Å². The van der Waals surface area contributed by atoms with E-state index in [1.165, 1.54) is 11.1 Å². The van der Waals surface area contributed by atoms with Crippen molar-refractivity contribution in [1.29, 1.82) is 0 Å². The molecule has 0 saturated carbocycles. The fourth-order valence-electron chi connectivity index (χ4n) is 4.30. The number of nitrogens with zero attached hydrogens (tertiary/aromatic N) is 3. The van der Waals surface area contributed by atoms with Crippen molar-refractivity contribution in [2.45, 2.75) is 51.7 Å². The van der Waals surface area contributed by atoms with Gasteiger partial charge in [0.05, 0.1) is 13.2 Å². The molecule has 0 aromatic heterocycles. The second-order valence-electron chi connectivity index (χ2n) is 7.68. The zero-order valence-corrected chi connectivity index (χ0v) is 17.5. The van der Waals surface area contributed by atoms with Gasteiger partial charge >= 0.3 is 0 Å². The monoisotopic (exact) mass is 386 g/mol. The molecule has 6 nitrogen and oxygen atoms in total. The predicted octanol–water partition coefficient (Wildman–Crippen LogP) is 2.73. The summed E-state index contributed by atoms with van der Waals surface area (Å²) in [5.74, 6) is 1.23. The number of morpholine rings is 1. The molecule has 1 aromatic carbocycles. The van der Waals surface area contributed by atoms with Crippen LogP contribution in [-0.4, -0.2) is 67.5 Å². The second-order valence-corrected chi connectivity index (χ2v) is 7.68. The van der Waals surface area contributed by atoms with Crippen LogP contribution in [0.3, 0.4) is 0 Å². The molecule has 2 heterocycles. The zero-order chi connectivity index (χ0) is 19.9. The Morgan fingerprint density at radius 1 is 1.36 bits per heavy atom. The molecule has 28 heavy (non-hydrogen) atoms. The van der Waals surface area contributed by atoms with Crippen molar-refractivity contribution in [1.82, 2.24) is 15.1 Å². The average molecular weight is 387 g/mol. The highest BCUT2D eigenvalue weighted by atomic mass is 16.5. The normalized spacial score (nSPS) is 21.9. The molecule has 1 amide bonds. The maximum absolute atomic E-state index is 12.0. The lowest BCUT2D eigenvalue weighted by molar-refractivity contribution is -0.129. The van der Waals surface area contributed by atoms with E-state index in [9.17, 15) is 4.79 Å². The molecule has 0 radical (unpaired) electrons. The standard InChI is InChI=1S/C22H34N4O2/c1-4-18(26-13-7-10-21(26)27)11-12-24-22(23-3)25-14-15-28-20(16-25)19-9-6-5-8-17(19)2/h5-6,8-9,18,20H,4,7,10-16H2,1-3H3,(H,23,24). The summed E-state index contributed by atoms with van der Waals surface area (Å²) in [5, 5.41) is 3.51. The van der Waals surface area contributed by atoms with E-state index in [0.29, 0.717) is 25.0 Å². The summed E-state index contributed by atoms with van der Waals surface area (Å²) in [6.45, 7) is 8.36. The van der Waals surface area contributed by atoms with Crippen LogP contribution in [-0.2, 0) is 9.53 Å². The Morgan fingerprint density at radius 2 is 2.18 bits per heavy atom. The van der Waals surface area contributed by atoms with Crippen molar-refractivity contribution < 1.29 is 9.53 Å². The maximum atomic E-state index is 12.0. The van der Waals surface area contributed by atoms with Crippen LogP contribution >= 0.6 is 0 Å². The highest BCUT2D eigenvalue weighted by molar-refractivity contribution is 5.80. The molecule has 0 aliphatic carbocycles. The Balaban J connectivity index is 1.54. The van der Waals surface area contributed by atoms with Gasteiger partial charge in [-0.1, -0.05) is 31.2 Å². The summed E-state index contributed by atoms with van der Waals surface area (Å²) in [6, 6.07) is 8.75. The summed E-state index contributed by atoms with van der Waals surface area (Å²) < 4.78 is 6.04. The number of guanidine groups is 1. The fourth-order valence-corrected chi connectivity index (χ4v) is 4.30. The van der Waals surface area contributed by atoms with Gasteiger partial charge in [-0.3, -0.25) is 9.79 Å². The smallest absolute Gasteiger partial charge is 0.222 e. The number of hydrogen-bond acceptors (Lipinski definition) is 3. The number of aryl methyl sites for hydroxylation is 1. The van der Waals surface area contributed by atoms with Crippen LogP contribution < -0.4 is 5.32 Å². The van der Waals surface area contributed by atoms with Gasteiger partial charge in [0, 0.05) is 39.1 Å². The van der Waals surface area contributed by atoms with E-state index in [-0.39, 0.29) is 6.10 Å². The molecule has 2 atom stereocenters. The van der Waals surface area contributed by atoms with Crippen molar-refractivity contribution in [2.24, 2.45) is 4.99 Å². The molecule has 2 fully saturated rings. The minimum Gasteiger partial charge on any atom is -0.370 e. The van der Waals surface area contributed by atoms with Crippen LogP contribution in [0.25, 0.3) is 0 Å². The molecule has 2 aliphatic heterocycles. The molecule has 2 unspecified atom stereocenters. The van der Waals surface area contributed by atoms with E-state index in [1.807, 2.05) is 7.05 Å². The number of hydrogen-bond donors (Lipinski definition) is 1. The highest BCUT2D eigenvalue weighted by Gasteiger charge is 2.27. The van der Waals surface area contributed by atoms with Gasteiger partial charge in [0.15, 0.2) is 5.96 Å². The van der Waals surface area contributed by atoms with Crippen molar-refractivity contribution in [3.63, 3.8) is 0 Å². The fraction of sp³-hybridized carbons (Fsp3) is 0.636. The molecule has 2 saturated heterocycles. The van der Waals surface area contributed by atoms with E-state index in [2.05, 4.69) is 58.2 Å². The molecule has 1 N–H and O–H groups in total. The van der Waals surface area contributed by atoms with Crippen LogP contribution in [0.1, 0.15) is 49.8 Å². The minimum absolute atomic E-state index is 0.0686. The van der Waals surface area contributed by atoms with Crippen LogP contribution in [0.5, 0.6) is 0 Å². The van der Waals surface area contributed by atoms with E-state index >= 15 is 0 Å². The Kier molecular flexibility index (Phi) is 7.31. The topological polar surface area (TPSA) is 57.2 Å². The van der Waals surface area contributed by atoms with Crippen molar-refractivity contribution in [3.05, 3.63) is 35.4 Å². The lowest BCUT2D eigenvalue weighted by atomic mass is 10.0. The van der Waals surface area contributed by atoms with Crippen LogP contribution in [0.2, 0.25) is 0 Å². The van der Waals surface area contributed by atoms with E-state index in [1.54, 1.807) is 0 Å². The Labute approximate surface area is 168 Å². The summed E-state index contributed by atoms with van der Waals surface area (Å²) in [7, 11) is 1.84. The highest BCUT2D eigenvalue weighted by Crippen LogP contribution is 2.25. The molecule has 1 aromatic rings. The third-order valence-electron chi connectivity index (χ3n) is 5.90. The predicted molar refractivity (Wildman–Crippen MR) is 112 cm³/mol. The summed E-state index contributed by atoms with van der Waals surface area (Å²) in [4.78, 5) is 20.9. The number of ether oxygens (including phenoxy) is 1. The molecule has 0 spiro atoms. The van der Waals surface area contributed by atoms with Gasteiger partial charge < -0.3 is 19.9 Å². The summed E-state index contributed by atoms with van der Waals surface area (Å²) in [6.07, 6.45) is 3.73. The van der Waals surface area contributed by atoms with Gasteiger partial charge in [0.2, 0.25) is 5.91 Å². The minimum atomic E-state index is 0.0686. The van der Waals surface area contributed by atoms with Crippen LogP contribution in [0.15, 0.2) is 29.3 Å². The van der Waals surface area contributed by atoms with Gasteiger partial charge in [0.1, 0.15) is 6.10 Å². The molecule has 6 heteroatoms. The number of carbonyl (C=O) groups is 1. The van der Waals surface area contributed by atoms with Crippen molar-refractivity contribution >= 4 is 11.9 Å². The van der Waals surface area contributed by atoms with Crippen molar-refractivity contribution in [2.75, 3.05) is 39.8 Å². The molecular formula is C22H34N4O2. The van der Waals surface area contributed by atoms with Gasteiger partial charge in [0.25, 0.3) is 0 Å². The molecule has 2 aliphatic rings. The average Bonchev–Trinajstić information content (AvgIpc) is 3.14. The quantitative estimate of drug-likeness (QED) is 0.603. The number of nitrogens with one attached hydrogen (secondary N) is 1. The number of aliphatic imine (C=N–C) groups is 1. The third-order valence-corrected chi connectivity index (χ3v) is 5.90. The lowest BCUT2D eigenvalue weighted by Crippen LogP contribution is -2.49. The van der Waals surface area contributed by atoms with Crippen LogP contribution in [0.4, 0.5) is 0 Å². The number of rotatable bonds is 6. The Bertz CT molecular complexity index is 691. The first-order valence-corrected chi connectivity index (χ1v) is 10.6. The first kappa shape index (κ1) is 20.6. The molecule has 3 rings (SSSR count). The van der Waals surface area contributed by atoms with Crippen molar-refractivity contribution in [3.8, 4) is 0 Å². The Morgan fingerprint density at radius 3 is 2.86 bits per heavy atom. The summed E-state index contributed by atoms with van der Waals surface area (Å²) >= 11 is 0. The van der Waals surface area contributed by atoms with Gasteiger partial charge in [-0.2, -0.15) is 0 Å². The first-order valence-electron chi connectivity index (χ1n) is 10.6. The number of carbonyl (C=O) groups excluding carboxylic acids is 1. The van der Waals surface area contributed by atoms with Gasteiger partial charge in [-0.15, -0.1) is 0 Å². The molecular weight excluding hydrogens is 352 g/mol. The van der Waals surface area contributed by atoms with Gasteiger partial charge in [-0.05, 0) is 37.3 Å². The van der Waals surface area contributed by atoms with E-state index in [0.717, 1.165) is 51.4 Å². The second kappa shape index (κ2) is 9.92. The number of likely N-dealkylation sites (tertiary alicyclic amines) is 1. The molecule has 0 bridgehead atoms. The Hall–Kier alpha value is -2.08. The third kappa shape index (κ3) is 4.85. The summed E-state index contributed by atoms with van der Waals surface area (Å²) in [5.41, 5.74) is 2.51. The lowest BCUT2D eigenvalue weighted by Gasteiger charge is -2.36. The zero-order valence-electron chi connectivity index (χ0n) is 17.5. The van der Waals surface area contributed by atoms with Gasteiger partial charge in [-0.25, -0.2) is 0 Å². The first-order chi connectivity index (χ1) is 13.6.